The number of anilines is 1. The first-order valence-corrected chi connectivity index (χ1v) is 6.51. The van der Waals surface area contributed by atoms with Crippen LogP contribution in [0.2, 0.25) is 0 Å². The summed E-state index contributed by atoms with van der Waals surface area (Å²) < 4.78 is 18.8. The predicted octanol–water partition coefficient (Wildman–Crippen LogP) is 2.08. The van der Waals surface area contributed by atoms with Crippen molar-refractivity contribution >= 4 is 27.5 Å². The van der Waals surface area contributed by atoms with Crippen LogP contribution in [0.3, 0.4) is 0 Å². The van der Waals surface area contributed by atoms with Gasteiger partial charge in [-0.1, -0.05) is 0 Å². The average molecular weight is 317 g/mol. The molecule has 2 rings (SSSR count). The molecule has 0 unspecified atom stereocenters. The van der Waals surface area contributed by atoms with Crippen LogP contribution in [-0.2, 0) is 4.74 Å². The molecule has 6 heteroatoms. The highest BCUT2D eigenvalue weighted by molar-refractivity contribution is 9.10. The van der Waals surface area contributed by atoms with E-state index in [0.717, 1.165) is 25.5 Å². The third-order valence-corrected chi connectivity index (χ3v) is 3.46. The summed E-state index contributed by atoms with van der Waals surface area (Å²) in [5, 5.41) is 2.74. The summed E-state index contributed by atoms with van der Waals surface area (Å²) >= 11 is 3.03. The van der Waals surface area contributed by atoms with E-state index < -0.39 is 5.82 Å². The molecule has 1 aromatic carbocycles. The van der Waals surface area contributed by atoms with E-state index in [0.29, 0.717) is 6.54 Å². The molecule has 1 aliphatic rings. The normalized spacial score (nSPS) is 18.9. The summed E-state index contributed by atoms with van der Waals surface area (Å²) in [5.74, 6) is -0.799. The third-order valence-electron chi connectivity index (χ3n) is 2.85. The van der Waals surface area contributed by atoms with Crippen LogP contribution in [0, 0.1) is 5.82 Å². The number of hydrogen-bond acceptors (Lipinski definition) is 3. The number of ether oxygens (including phenoxy) is 1. The number of carbonyl (C=O) groups excluding carboxylic acids is 1. The number of carbonyl (C=O) groups is 1. The Bertz CT molecular complexity index is 462. The summed E-state index contributed by atoms with van der Waals surface area (Å²) in [6.45, 7) is 1.19. The second kappa shape index (κ2) is 5.67. The van der Waals surface area contributed by atoms with E-state index in [2.05, 4.69) is 21.2 Å². The zero-order valence-electron chi connectivity index (χ0n) is 9.71. The molecule has 1 aliphatic heterocycles. The first kappa shape index (κ1) is 13.3. The second-order valence-corrected chi connectivity index (χ2v) is 5.05. The number of benzene rings is 1. The first-order chi connectivity index (χ1) is 8.58. The number of halogens is 2. The molecule has 4 nitrogen and oxygen atoms in total. The van der Waals surface area contributed by atoms with Gasteiger partial charge in [-0.25, -0.2) is 4.39 Å². The monoisotopic (exact) mass is 316 g/mol. The van der Waals surface area contributed by atoms with Gasteiger partial charge in [-0.2, -0.15) is 0 Å². The van der Waals surface area contributed by atoms with E-state index in [4.69, 9.17) is 10.5 Å². The number of nitrogen functional groups attached to an aromatic ring is 1. The largest absolute Gasteiger partial charge is 0.398 e. The number of rotatable bonds is 3. The molecule has 1 fully saturated rings. The van der Waals surface area contributed by atoms with Gasteiger partial charge in [0.25, 0.3) is 5.91 Å². The fraction of sp³-hybridized carbons (Fsp3) is 0.417. The molecule has 0 aliphatic carbocycles. The van der Waals surface area contributed by atoms with Crippen molar-refractivity contribution in [3.8, 4) is 0 Å². The highest BCUT2D eigenvalue weighted by Crippen LogP contribution is 2.22. The maximum Gasteiger partial charge on any atom is 0.253 e. The van der Waals surface area contributed by atoms with Gasteiger partial charge in [0.1, 0.15) is 5.82 Å². The molecule has 0 bridgehead atoms. The van der Waals surface area contributed by atoms with Crippen LogP contribution in [0.4, 0.5) is 10.1 Å². The van der Waals surface area contributed by atoms with Gasteiger partial charge < -0.3 is 15.8 Å². The molecule has 1 saturated heterocycles. The van der Waals surface area contributed by atoms with Gasteiger partial charge >= 0.3 is 0 Å². The zero-order valence-corrected chi connectivity index (χ0v) is 11.3. The van der Waals surface area contributed by atoms with Gasteiger partial charge in [-0.15, -0.1) is 0 Å². The summed E-state index contributed by atoms with van der Waals surface area (Å²) in [7, 11) is 0. The second-order valence-electron chi connectivity index (χ2n) is 4.20. The Morgan fingerprint density at radius 3 is 3.06 bits per heavy atom. The van der Waals surface area contributed by atoms with Crippen LogP contribution in [0.25, 0.3) is 0 Å². The van der Waals surface area contributed by atoms with Crippen molar-refractivity contribution in [2.45, 2.75) is 18.9 Å². The van der Waals surface area contributed by atoms with Crippen molar-refractivity contribution in [2.24, 2.45) is 0 Å². The standard InChI is InChI=1S/C12H14BrFN2O2/c13-9-4-8(11(15)5-10(9)14)12(17)16-6-7-2-1-3-18-7/h4-5,7H,1-3,6,15H2,(H,16,17)/t7-/m0/s1. The molecular weight excluding hydrogens is 303 g/mol. The van der Waals surface area contributed by atoms with Crippen LogP contribution >= 0.6 is 15.9 Å². The van der Waals surface area contributed by atoms with Crippen molar-refractivity contribution in [2.75, 3.05) is 18.9 Å². The Morgan fingerprint density at radius 1 is 1.61 bits per heavy atom. The molecule has 1 atom stereocenters. The Balaban J connectivity index is 2.01. The molecule has 0 saturated carbocycles. The van der Waals surface area contributed by atoms with E-state index >= 15 is 0 Å². The molecule has 1 amide bonds. The van der Waals surface area contributed by atoms with Gasteiger partial charge in [-0.3, -0.25) is 4.79 Å². The van der Waals surface area contributed by atoms with Gasteiger partial charge in [-0.05, 0) is 40.9 Å². The minimum absolute atomic E-state index is 0.0686. The van der Waals surface area contributed by atoms with Crippen molar-refractivity contribution < 1.29 is 13.9 Å². The van der Waals surface area contributed by atoms with Gasteiger partial charge in [0.2, 0.25) is 0 Å². The van der Waals surface area contributed by atoms with Crippen LogP contribution in [0.5, 0.6) is 0 Å². The van der Waals surface area contributed by atoms with E-state index in [9.17, 15) is 9.18 Å². The zero-order chi connectivity index (χ0) is 13.1. The number of hydrogen-bond donors (Lipinski definition) is 2. The SMILES string of the molecule is Nc1cc(F)c(Br)cc1C(=O)NC[C@@H]1CCCO1. The fourth-order valence-corrected chi connectivity index (χ4v) is 2.21. The van der Waals surface area contributed by atoms with Gasteiger partial charge in [0.05, 0.1) is 16.1 Å². The summed E-state index contributed by atoms with van der Waals surface area (Å²) in [6, 6.07) is 2.51. The van der Waals surface area contributed by atoms with E-state index in [-0.39, 0.29) is 27.7 Å². The molecule has 0 radical (unpaired) electrons. The van der Waals surface area contributed by atoms with Gasteiger partial charge in [0.15, 0.2) is 0 Å². The predicted molar refractivity (Wildman–Crippen MR) is 69.8 cm³/mol. The lowest BCUT2D eigenvalue weighted by atomic mass is 10.1. The molecule has 1 heterocycles. The van der Waals surface area contributed by atoms with Crippen molar-refractivity contribution in [3.05, 3.63) is 28.0 Å². The molecule has 0 aromatic heterocycles. The molecule has 0 spiro atoms. The average Bonchev–Trinajstić information content (AvgIpc) is 2.84. The number of amides is 1. The summed E-state index contributed by atoms with van der Waals surface area (Å²) in [5.41, 5.74) is 6.01. The number of nitrogens with two attached hydrogens (primary N) is 1. The van der Waals surface area contributed by atoms with E-state index in [1.807, 2.05) is 0 Å². The topological polar surface area (TPSA) is 64.4 Å². The smallest absolute Gasteiger partial charge is 0.253 e. The highest BCUT2D eigenvalue weighted by atomic mass is 79.9. The van der Waals surface area contributed by atoms with Crippen molar-refractivity contribution in [1.82, 2.24) is 5.32 Å². The summed E-state index contributed by atoms with van der Waals surface area (Å²) in [4.78, 5) is 11.9. The van der Waals surface area contributed by atoms with Crippen LogP contribution < -0.4 is 11.1 Å². The Hall–Kier alpha value is -1.14. The van der Waals surface area contributed by atoms with Crippen LogP contribution in [0.1, 0.15) is 23.2 Å². The molecule has 1 aromatic rings. The van der Waals surface area contributed by atoms with Crippen LogP contribution in [0.15, 0.2) is 16.6 Å². The molecule has 3 N–H and O–H groups in total. The Labute approximate surface area is 113 Å². The van der Waals surface area contributed by atoms with Crippen molar-refractivity contribution in [1.29, 1.82) is 0 Å². The third kappa shape index (κ3) is 3.00. The quantitative estimate of drug-likeness (QED) is 0.839. The Kier molecular flexibility index (Phi) is 4.19. The first-order valence-electron chi connectivity index (χ1n) is 5.72. The molecule has 18 heavy (non-hydrogen) atoms. The fourth-order valence-electron chi connectivity index (χ4n) is 1.87. The Morgan fingerprint density at radius 2 is 2.39 bits per heavy atom. The summed E-state index contributed by atoms with van der Waals surface area (Å²) in [6.07, 6.45) is 2.03. The maximum absolute atomic E-state index is 13.2. The lowest BCUT2D eigenvalue weighted by Gasteiger charge is -2.12. The minimum Gasteiger partial charge on any atom is -0.398 e. The van der Waals surface area contributed by atoms with Crippen molar-refractivity contribution in [3.63, 3.8) is 0 Å². The molecular formula is C12H14BrFN2O2. The van der Waals surface area contributed by atoms with E-state index in [1.54, 1.807) is 0 Å². The maximum atomic E-state index is 13.2. The van der Waals surface area contributed by atoms with Gasteiger partial charge in [0, 0.05) is 18.8 Å². The highest BCUT2D eigenvalue weighted by Gasteiger charge is 2.18. The molecule has 98 valence electrons. The van der Waals surface area contributed by atoms with Crippen LogP contribution in [-0.4, -0.2) is 25.2 Å². The number of nitrogens with one attached hydrogen (secondary N) is 1. The minimum atomic E-state index is -0.483. The lowest BCUT2D eigenvalue weighted by Crippen LogP contribution is -2.32. The van der Waals surface area contributed by atoms with E-state index in [1.165, 1.54) is 6.07 Å². The lowest BCUT2D eigenvalue weighted by molar-refractivity contribution is 0.0858.